The molecule has 0 saturated carbocycles. The molecule has 0 atom stereocenters. The summed E-state index contributed by atoms with van der Waals surface area (Å²) in [5, 5.41) is 0. The summed E-state index contributed by atoms with van der Waals surface area (Å²) < 4.78 is 63.1. The second kappa shape index (κ2) is 6.61. The number of nitrogens with one attached hydrogen (secondary N) is 2. The van der Waals surface area contributed by atoms with Crippen molar-refractivity contribution in [1.82, 2.24) is 9.44 Å². The molecule has 0 bridgehead atoms. The van der Waals surface area contributed by atoms with Gasteiger partial charge in [0.2, 0.25) is 20.0 Å². The van der Waals surface area contributed by atoms with Gasteiger partial charge in [0.25, 0.3) is 0 Å². The Bertz CT molecular complexity index is 672. The van der Waals surface area contributed by atoms with E-state index in [-0.39, 0.29) is 18.0 Å². The fourth-order valence-electron chi connectivity index (χ4n) is 1.38. The highest BCUT2D eigenvalue weighted by atomic mass is 32.2. The highest BCUT2D eigenvalue weighted by Gasteiger charge is 2.14. The number of benzene rings is 1. The van der Waals surface area contributed by atoms with Gasteiger partial charge in [0, 0.05) is 13.1 Å². The van der Waals surface area contributed by atoms with Gasteiger partial charge in [-0.1, -0.05) is 6.07 Å². The average molecular weight is 324 g/mol. The minimum Gasteiger partial charge on any atom is -0.215 e. The summed E-state index contributed by atoms with van der Waals surface area (Å²) >= 11 is 0. The van der Waals surface area contributed by atoms with Crippen LogP contribution in [0.1, 0.15) is 12.0 Å². The van der Waals surface area contributed by atoms with E-state index in [4.69, 9.17) is 0 Å². The molecule has 0 radical (unpaired) electrons. The molecule has 0 saturated heterocycles. The normalized spacial score (nSPS) is 12.6. The van der Waals surface area contributed by atoms with Crippen molar-refractivity contribution in [3.63, 3.8) is 0 Å². The second-order valence-electron chi connectivity index (χ2n) is 4.33. The van der Waals surface area contributed by atoms with E-state index in [0.717, 1.165) is 12.3 Å². The summed E-state index contributed by atoms with van der Waals surface area (Å²) in [6, 6.07) is 3.65. The van der Waals surface area contributed by atoms with Crippen molar-refractivity contribution in [2.45, 2.75) is 18.2 Å². The van der Waals surface area contributed by atoms with Gasteiger partial charge in [0.1, 0.15) is 5.82 Å². The van der Waals surface area contributed by atoms with Gasteiger partial charge in [-0.3, -0.25) is 0 Å². The Morgan fingerprint density at radius 2 is 1.70 bits per heavy atom. The molecule has 20 heavy (non-hydrogen) atoms. The number of hydrogen-bond donors (Lipinski definition) is 2. The molecule has 6 nitrogen and oxygen atoms in total. The third-order valence-electron chi connectivity index (χ3n) is 2.46. The van der Waals surface area contributed by atoms with Crippen LogP contribution in [0.5, 0.6) is 0 Å². The zero-order valence-corrected chi connectivity index (χ0v) is 12.8. The molecule has 1 aromatic carbocycles. The summed E-state index contributed by atoms with van der Waals surface area (Å²) in [7, 11) is -7.06. The third kappa shape index (κ3) is 5.53. The maximum Gasteiger partial charge on any atom is 0.240 e. The van der Waals surface area contributed by atoms with Crippen LogP contribution in [-0.4, -0.2) is 36.2 Å². The molecule has 0 unspecified atom stereocenters. The first-order chi connectivity index (χ1) is 9.12. The zero-order valence-electron chi connectivity index (χ0n) is 11.2. The van der Waals surface area contributed by atoms with Crippen molar-refractivity contribution in [2.75, 3.05) is 19.3 Å². The molecule has 0 spiro atoms. The van der Waals surface area contributed by atoms with Crippen LogP contribution in [0.3, 0.4) is 0 Å². The van der Waals surface area contributed by atoms with Crippen molar-refractivity contribution < 1.29 is 21.2 Å². The minimum atomic E-state index is -3.78. The number of hydrogen-bond acceptors (Lipinski definition) is 4. The van der Waals surface area contributed by atoms with E-state index in [2.05, 4.69) is 9.44 Å². The average Bonchev–Trinajstić information content (AvgIpc) is 2.30. The van der Waals surface area contributed by atoms with Crippen LogP contribution in [0.15, 0.2) is 23.1 Å². The molecule has 114 valence electrons. The van der Waals surface area contributed by atoms with Gasteiger partial charge in [-0.15, -0.1) is 0 Å². The Hall–Kier alpha value is -1.03. The molecule has 0 fully saturated rings. The van der Waals surface area contributed by atoms with E-state index >= 15 is 0 Å². The van der Waals surface area contributed by atoms with Crippen LogP contribution >= 0.6 is 0 Å². The summed E-state index contributed by atoms with van der Waals surface area (Å²) in [4.78, 5) is -0.156. The fraction of sp³-hybridized carbons (Fsp3) is 0.455. The summed E-state index contributed by atoms with van der Waals surface area (Å²) in [6.07, 6.45) is 1.31. The van der Waals surface area contributed by atoms with Crippen molar-refractivity contribution in [3.8, 4) is 0 Å². The lowest BCUT2D eigenvalue weighted by Crippen LogP contribution is -2.29. The molecule has 0 aliphatic carbocycles. The molecule has 2 N–H and O–H groups in total. The minimum absolute atomic E-state index is 0.0559. The number of sulfonamides is 2. The molecule has 1 aromatic rings. The highest BCUT2D eigenvalue weighted by Crippen LogP contribution is 2.13. The van der Waals surface area contributed by atoms with Gasteiger partial charge in [0.15, 0.2) is 0 Å². The summed E-state index contributed by atoms with van der Waals surface area (Å²) in [5.74, 6) is -0.591. The highest BCUT2D eigenvalue weighted by molar-refractivity contribution is 7.89. The lowest BCUT2D eigenvalue weighted by molar-refractivity contribution is 0.571. The Kier molecular flexibility index (Phi) is 5.63. The summed E-state index contributed by atoms with van der Waals surface area (Å²) in [6.45, 7) is 1.72. The van der Waals surface area contributed by atoms with Crippen LogP contribution < -0.4 is 9.44 Å². The van der Waals surface area contributed by atoms with Gasteiger partial charge < -0.3 is 0 Å². The molecule has 9 heteroatoms. The van der Waals surface area contributed by atoms with E-state index < -0.39 is 25.9 Å². The third-order valence-corrected chi connectivity index (χ3v) is 4.65. The zero-order chi connectivity index (χ0) is 15.4. The van der Waals surface area contributed by atoms with E-state index in [9.17, 15) is 21.2 Å². The molecule has 0 heterocycles. The van der Waals surface area contributed by atoms with Gasteiger partial charge in [-0.25, -0.2) is 30.7 Å². The fourth-order valence-corrected chi connectivity index (χ4v) is 2.98. The predicted molar refractivity (Wildman–Crippen MR) is 73.8 cm³/mol. The first kappa shape index (κ1) is 17.0. The largest absolute Gasteiger partial charge is 0.240 e. The van der Waals surface area contributed by atoms with Crippen molar-refractivity contribution in [3.05, 3.63) is 29.6 Å². The smallest absolute Gasteiger partial charge is 0.215 e. The molecule has 1 rings (SSSR count). The van der Waals surface area contributed by atoms with E-state index in [1.807, 2.05) is 0 Å². The van der Waals surface area contributed by atoms with Gasteiger partial charge >= 0.3 is 0 Å². The van der Waals surface area contributed by atoms with Gasteiger partial charge in [-0.2, -0.15) is 0 Å². The molecular weight excluding hydrogens is 307 g/mol. The lowest BCUT2D eigenvalue weighted by Gasteiger charge is -2.08. The van der Waals surface area contributed by atoms with Gasteiger partial charge in [0.05, 0.1) is 11.2 Å². The summed E-state index contributed by atoms with van der Waals surface area (Å²) in [5.41, 5.74) is 0.362. The van der Waals surface area contributed by atoms with E-state index in [1.165, 1.54) is 19.1 Å². The number of halogens is 1. The monoisotopic (exact) mass is 324 g/mol. The second-order valence-corrected chi connectivity index (χ2v) is 7.93. The topological polar surface area (TPSA) is 92.3 Å². The first-order valence-corrected chi connectivity index (χ1v) is 9.20. The van der Waals surface area contributed by atoms with Crippen LogP contribution in [0.4, 0.5) is 4.39 Å². The molecule has 0 aromatic heterocycles. The van der Waals surface area contributed by atoms with E-state index in [0.29, 0.717) is 12.0 Å². The number of aryl methyl sites for hydroxylation is 1. The van der Waals surface area contributed by atoms with Crippen LogP contribution in [0.25, 0.3) is 0 Å². The maximum absolute atomic E-state index is 13.3. The maximum atomic E-state index is 13.3. The first-order valence-electron chi connectivity index (χ1n) is 5.82. The predicted octanol–water partition coefficient (Wildman–Crippen LogP) is 0.352. The SMILES string of the molecule is Cc1ccc(S(=O)(=O)NCCCNS(C)(=O)=O)cc1F. The van der Waals surface area contributed by atoms with Gasteiger partial charge in [-0.05, 0) is 31.0 Å². The standard InChI is InChI=1S/C11H17FN2O4S2/c1-9-4-5-10(8-11(9)12)20(17,18)14-7-3-6-13-19(2,15)16/h4-5,8,13-14H,3,6-7H2,1-2H3. The quantitative estimate of drug-likeness (QED) is 0.708. The van der Waals surface area contributed by atoms with Crippen LogP contribution in [0.2, 0.25) is 0 Å². The van der Waals surface area contributed by atoms with Crippen LogP contribution in [0, 0.1) is 12.7 Å². The number of rotatable bonds is 7. The van der Waals surface area contributed by atoms with Crippen molar-refractivity contribution >= 4 is 20.0 Å². The lowest BCUT2D eigenvalue weighted by atomic mass is 10.2. The Labute approximate surface area is 118 Å². The Morgan fingerprint density at radius 1 is 1.10 bits per heavy atom. The molecule has 0 amide bonds. The molecular formula is C11H17FN2O4S2. The Balaban J connectivity index is 2.56. The molecule has 0 aliphatic heterocycles. The van der Waals surface area contributed by atoms with Crippen molar-refractivity contribution in [2.24, 2.45) is 0 Å². The van der Waals surface area contributed by atoms with Crippen molar-refractivity contribution in [1.29, 1.82) is 0 Å². The molecule has 0 aliphatic rings. The van der Waals surface area contributed by atoms with E-state index in [1.54, 1.807) is 0 Å². The van der Waals surface area contributed by atoms with Crippen LogP contribution in [-0.2, 0) is 20.0 Å². The Morgan fingerprint density at radius 3 is 2.25 bits per heavy atom.